The molecule has 1 rings (SSSR count). The summed E-state index contributed by atoms with van der Waals surface area (Å²) in [5, 5.41) is 3.35. The molecule has 0 aromatic heterocycles. The smallest absolute Gasteiger partial charge is 0.358 e. The van der Waals surface area contributed by atoms with Crippen molar-refractivity contribution in [2.75, 3.05) is 54.6 Å². The van der Waals surface area contributed by atoms with Crippen LogP contribution in [0.25, 0.3) is 0 Å². The van der Waals surface area contributed by atoms with Gasteiger partial charge in [-0.1, -0.05) is 19.1 Å². The average Bonchev–Trinajstić information content (AvgIpc) is 2.86. The van der Waals surface area contributed by atoms with Crippen molar-refractivity contribution in [3.8, 4) is 5.75 Å². The van der Waals surface area contributed by atoms with Gasteiger partial charge in [0.15, 0.2) is 11.8 Å². The van der Waals surface area contributed by atoms with E-state index in [2.05, 4.69) is 11.8 Å². The molecule has 194 valence electrons. The van der Waals surface area contributed by atoms with Gasteiger partial charge in [-0.3, -0.25) is 14.0 Å². The fourth-order valence-electron chi connectivity index (χ4n) is 2.93. The second-order valence-corrected chi connectivity index (χ2v) is 15.1. The quantitative estimate of drug-likeness (QED) is 0.142. The van der Waals surface area contributed by atoms with Crippen molar-refractivity contribution in [1.82, 2.24) is 9.68 Å². The van der Waals surface area contributed by atoms with E-state index in [1.54, 1.807) is 16.7 Å². The van der Waals surface area contributed by atoms with E-state index in [9.17, 15) is 9.13 Å². The van der Waals surface area contributed by atoms with Crippen LogP contribution >= 0.6 is 22.0 Å². The predicted octanol–water partition coefficient (Wildman–Crippen LogP) is 5.33. The maximum atomic E-state index is 12.7. The highest BCUT2D eigenvalue weighted by atomic mass is 32.4. The highest BCUT2D eigenvalue weighted by molar-refractivity contribution is 8.04. The molecule has 2 unspecified atom stereocenters. The minimum atomic E-state index is -3.37. The zero-order valence-electron chi connectivity index (χ0n) is 21.0. The lowest BCUT2D eigenvalue weighted by Crippen LogP contribution is -2.30. The Balaban J connectivity index is 2.95. The maximum absolute atomic E-state index is 12.7. The number of rotatable bonds is 17. The summed E-state index contributed by atoms with van der Waals surface area (Å²) < 4.78 is 53.5. The topological polar surface area (TPSA) is 99.1 Å². The van der Waals surface area contributed by atoms with Gasteiger partial charge in [0.1, 0.15) is 18.3 Å². The third-order valence-electron chi connectivity index (χ3n) is 5.37. The van der Waals surface area contributed by atoms with Gasteiger partial charge in [-0.05, 0) is 24.1 Å². The molecule has 0 aliphatic heterocycles. The van der Waals surface area contributed by atoms with Crippen molar-refractivity contribution < 1.29 is 32.0 Å². The van der Waals surface area contributed by atoms with Crippen LogP contribution in [0.2, 0.25) is 0 Å². The molecular formula is C20H37N3O7P3S+. The van der Waals surface area contributed by atoms with Crippen LogP contribution in [0.5, 0.6) is 5.75 Å². The van der Waals surface area contributed by atoms with Crippen LogP contribution in [0.1, 0.15) is 25.8 Å². The Morgan fingerprint density at radius 3 is 1.88 bits per heavy atom. The summed E-state index contributed by atoms with van der Waals surface area (Å²) in [6.07, 6.45) is 1.19. The van der Waals surface area contributed by atoms with Crippen LogP contribution in [0.3, 0.4) is 0 Å². The molecule has 0 radical (unpaired) electrons. The molecule has 0 bridgehead atoms. The first-order chi connectivity index (χ1) is 15.9. The highest BCUT2D eigenvalue weighted by Gasteiger charge is 2.44. The van der Waals surface area contributed by atoms with E-state index in [1.807, 2.05) is 38.1 Å². The number of benzene rings is 1. The molecule has 0 saturated carbocycles. The average molecular weight is 557 g/mol. The lowest BCUT2D eigenvalue weighted by Gasteiger charge is -2.28. The minimum absolute atomic E-state index is 0.0556. The van der Waals surface area contributed by atoms with Gasteiger partial charge in [-0.15, -0.1) is 4.78 Å². The monoisotopic (exact) mass is 556 g/mol. The zero-order valence-corrected chi connectivity index (χ0v) is 24.5. The van der Waals surface area contributed by atoms with E-state index < -0.39 is 27.4 Å². The van der Waals surface area contributed by atoms with E-state index >= 15 is 0 Å². The molecule has 2 atom stereocenters. The Morgan fingerprint density at radius 2 is 1.50 bits per heavy atom. The molecule has 1 aromatic carbocycles. The summed E-state index contributed by atoms with van der Waals surface area (Å²) in [7, 11) is 0.317. The van der Waals surface area contributed by atoms with Crippen molar-refractivity contribution in [2.24, 2.45) is 5.10 Å². The second-order valence-electron chi connectivity index (χ2n) is 7.56. The number of hydrazone groups is 1. The van der Waals surface area contributed by atoms with Gasteiger partial charge < -0.3 is 22.8 Å². The Morgan fingerprint density at radius 1 is 1.03 bits per heavy atom. The maximum Gasteiger partial charge on any atom is 0.358 e. The third kappa shape index (κ3) is 9.05. The van der Waals surface area contributed by atoms with Crippen LogP contribution in [0.15, 0.2) is 29.4 Å². The number of nitrogens with zero attached hydrogens (tertiary/aromatic N) is 3. The molecular weight excluding hydrogens is 519 g/mol. The normalized spacial score (nSPS) is 14.5. The molecule has 14 heteroatoms. The molecule has 0 spiro atoms. The number of hydrogen-bond acceptors (Lipinski definition) is 10. The Bertz CT molecular complexity index is 862. The summed E-state index contributed by atoms with van der Waals surface area (Å²) >= 11 is 5.65. The molecule has 0 fully saturated rings. The third-order valence-corrected chi connectivity index (χ3v) is 12.8. The van der Waals surface area contributed by atoms with Crippen LogP contribution in [0.4, 0.5) is 0 Å². The van der Waals surface area contributed by atoms with Gasteiger partial charge in [-0.2, -0.15) is 5.10 Å². The zero-order chi connectivity index (χ0) is 26.0. The van der Waals surface area contributed by atoms with Gasteiger partial charge in [0.25, 0.3) is 5.34 Å². The van der Waals surface area contributed by atoms with Crippen molar-refractivity contribution in [1.29, 1.82) is 0 Å². The van der Waals surface area contributed by atoms with Gasteiger partial charge in [0.05, 0.1) is 7.05 Å². The van der Waals surface area contributed by atoms with Gasteiger partial charge in [-0.25, -0.2) is 0 Å². The molecule has 0 amide bonds. The van der Waals surface area contributed by atoms with Crippen molar-refractivity contribution >= 4 is 40.6 Å². The fourth-order valence-corrected chi connectivity index (χ4v) is 7.15. The molecule has 34 heavy (non-hydrogen) atoms. The minimum Gasteiger partial charge on any atom is -0.445 e. The molecule has 0 aliphatic carbocycles. The summed E-state index contributed by atoms with van der Waals surface area (Å²) in [6, 6.07) is 7.67. The summed E-state index contributed by atoms with van der Waals surface area (Å²) in [6.45, 7) is 6.87. The summed E-state index contributed by atoms with van der Waals surface area (Å²) in [5.74, 6) is 0.700. The molecule has 0 aliphatic rings. The first-order valence-electron chi connectivity index (χ1n) is 10.5. The largest absolute Gasteiger partial charge is 0.445 e. The van der Waals surface area contributed by atoms with Crippen molar-refractivity contribution in [3.63, 3.8) is 0 Å². The molecule has 1 aromatic rings. The Hall–Kier alpha value is -0.730. The lowest BCUT2D eigenvalue weighted by atomic mass is 10.1. The van der Waals surface area contributed by atoms with E-state index in [-0.39, 0.29) is 12.6 Å². The van der Waals surface area contributed by atoms with E-state index in [4.69, 9.17) is 34.6 Å². The number of hydrogen-bond donors (Lipinski definition) is 0. The standard InChI is InChI=1S/C20H37N3O7P3S/c1-9-20(2,31(34)22(4)21-3)30-19-12-10-18(11-13-19)14-15-23(16-32(24,26-5)27-6)17-33(25,28-7)29-8/h10-13H,3,9,14-17H2,1-2,4-8H3/q+1. The van der Waals surface area contributed by atoms with Gasteiger partial charge in [0.2, 0.25) is 0 Å². The van der Waals surface area contributed by atoms with Gasteiger partial charge >= 0.3 is 22.0 Å². The van der Waals surface area contributed by atoms with E-state index in [1.165, 1.54) is 28.4 Å². The predicted molar refractivity (Wildman–Crippen MR) is 141 cm³/mol. The fraction of sp³-hybridized carbons (Fsp3) is 0.650. The van der Waals surface area contributed by atoms with Crippen LogP contribution < -0.4 is 4.74 Å². The highest BCUT2D eigenvalue weighted by Crippen LogP contribution is 2.51. The lowest BCUT2D eigenvalue weighted by molar-refractivity contribution is 0.171. The molecule has 0 N–H and O–H groups in total. The first kappa shape index (κ1) is 31.3. The van der Waals surface area contributed by atoms with E-state index in [0.29, 0.717) is 18.7 Å². The van der Waals surface area contributed by atoms with Gasteiger partial charge in [0, 0.05) is 55.0 Å². The Labute approximate surface area is 209 Å². The number of ether oxygens (including phenoxy) is 1. The Kier molecular flexibility index (Phi) is 13.0. The second kappa shape index (κ2) is 14.1. The van der Waals surface area contributed by atoms with Crippen LogP contribution in [-0.2, 0) is 45.5 Å². The van der Waals surface area contributed by atoms with Crippen LogP contribution in [-0.4, -0.2) is 76.3 Å². The first-order valence-corrected chi connectivity index (χ1v) is 16.3. The SMILES string of the molecule is C=NN(C)[P+](=S)C(C)(CC)Oc1ccc(CCN(CP(=O)(OC)OC)CP(=O)(OC)OC)cc1. The molecule has 0 saturated heterocycles. The molecule has 0 heterocycles. The van der Waals surface area contributed by atoms with Crippen molar-refractivity contribution in [3.05, 3.63) is 29.8 Å². The van der Waals surface area contributed by atoms with Crippen molar-refractivity contribution in [2.45, 2.75) is 32.0 Å². The summed E-state index contributed by atoms with van der Waals surface area (Å²) in [5.41, 5.74) is 1.01. The molecule has 10 nitrogen and oxygen atoms in total. The summed E-state index contributed by atoms with van der Waals surface area (Å²) in [4.78, 5) is 1.70. The van der Waals surface area contributed by atoms with E-state index in [0.717, 1.165) is 12.0 Å². The van der Waals surface area contributed by atoms with Crippen LogP contribution in [0, 0.1) is 0 Å².